The van der Waals surface area contributed by atoms with E-state index in [9.17, 15) is 4.79 Å². The van der Waals surface area contributed by atoms with Crippen LogP contribution in [0.5, 0.6) is 0 Å². The molecular formula is C16H20N4OS. The van der Waals surface area contributed by atoms with Crippen LogP contribution >= 0.6 is 11.8 Å². The summed E-state index contributed by atoms with van der Waals surface area (Å²) in [6.45, 7) is 5.97. The third-order valence-electron chi connectivity index (χ3n) is 3.88. The van der Waals surface area contributed by atoms with Crippen molar-refractivity contribution in [1.29, 1.82) is 0 Å². The number of nitrogens with zero attached hydrogens (tertiary/aromatic N) is 3. The van der Waals surface area contributed by atoms with Gasteiger partial charge in [0.15, 0.2) is 10.9 Å². The molecule has 6 heteroatoms. The Hall–Kier alpha value is -1.82. The number of anilines is 1. The van der Waals surface area contributed by atoms with Gasteiger partial charge >= 0.3 is 0 Å². The topological polar surface area (TPSA) is 73.8 Å². The van der Waals surface area contributed by atoms with Crippen molar-refractivity contribution >= 4 is 23.4 Å². The van der Waals surface area contributed by atoms with Gasteiger partial charge in [-0.1, -0.05) is 11.8 Å². The average molecular weight is 316 g/mol. The van der Waals surface area contributed by atoms with Gasteiger partial charge in [0, 0.05) is 34.8 Å². The first-order valence-electron chi connectivity index (χ1n) is 7.41. The van der Waals surface area contributed by atoms with Crippen molar-refractivity contribution in [1.82, 2.24) is 14.5 Å². The van der Waals surface area contributed by atoms with Crippen molar-refractivity contribution in [2.24, 2.45) is 0 Å². The molecule has 2 N–H and O–H groups in total. The number of aryl methyl sites for hydroxylation is 2. The van der Waals surface area contributed by atoms with E-state index in [0.717, 1.165) is 17.0 Å². The summed E-state index contributed by atoms with van der Waals surface area (Å²) < 4.78 is 2.29. The highest BCUT2D eigenvalue weighted by atomic mass is 32.2. The van der Waals surface area contributed by atoms with Crippen molar-refractivity contribution < 1.29 is 4.79 Å². The van der Waals surface area contributed by atoms with E-state index in [1.54, 1.807) is 6.07 Å². The molecule has 5 nitrogen and oxygen atoms in total. The van der Waals surface area contributed by atoms with Crippen molar-refractivity contribution in [3.8, 4) is 0 Å². The normalized spacial score (nSPS) is 14.3. The van der Waals surface area contributed by atoms with Gasteiger partial charge in [0.2, 0.25) is 0 Å². The first-order chi connectivity index (χ1) is 10.5. The Balaban J connectivity index is 1.73. The van der Waals surface area contributed by atoms with Gasteiger partial charge < -0.3 is 10.3 Å². The van der Waals surface area contributed by atoms with Gasteiger partial charge in [0.1, 0.15) is 5.82 Å². The molecule has 0 bridgehead atoms. The number of aromatic nitrogens is 3. The van der Waals surface area contributed by atoms with Crippen molar-refractivity contribution in [2.75, 3.05) is 11.5 Å². The number of carbonyl (C=O) groups excluding carboxylic acids is 1. The number of thioether (sulfide) groups is 1. The lowest BCUT2D eigenvalue weighted by Gasteiger charge is -2.07. The average Bonchev–Trinajstić information content (AvgIpc) is 3.21. The van der Waals surface area contributed by atoms with Gasteiger partial charge in [0.05, 0.1) is 5.75 Å². The number of ketones is 1. The monoisotopic (exact) mass is 316 g/mol. The molecule has 2 heterocycles. The molecule has 0 atom stereocenters. The summed E-state index contributed by atoms with van der Waals surface area (Å²) in [6, 6.07) is 4.31. The molecule has 0 radical (unpaired) electrons. The zero-order valence-corrected chi connectivity index (χ0v) is 13.9. The van der Waals surface area contributed by atoms with Crippen LogP contribution in [0, 0.1) is 20.8 Å². The number of carbonyl (C=O) groups is 1. The van der Waals surface area contributed by atoms with Gasteiger partial charge in [-0.25, -0.2) is 9.97 Å². The van der Waals surface area contributed by atoms with Gasteiger partial charge in [-0.05, 0) is 39.7 Å². The molecule has 0 saturated heterocycles. The first-order valence-corrected chi connectivity index (χ1v) is 8.40. The van der Waals surface area contributed by atoms with Gasteiger partial charge in [-0.15, -0.1) is 0 Å². The van der Waals surface area contributed by atoms with E-state index in [0.29, 0.717) is 22.8 Å². The molecule has 0 amide bonds. The summed E-state index contributed by atoms with van der Waals surface area (Å²) in [5.74, 6) is 0.890. The van der Waals surface area contributed by atoms with E-state index in [1.807, 2.05) is 19.9 Å². The van der Waals surface area contributed by atoms with Crippen LogP contribution in [-0.4, -0.2) is 26.1 Å². The van der Waals surface area contributed by atoms with Crippen LogP contribution in [0.1, 0.15) is 46.3 Å². The van der Waals surface area contributed by atoms with Crippen LogP contribution in [0.3, 0.4) is 0 Å². The largest absolute Gasteiger partial charge is 0.384 e. The number of nitrogens with two attached hydrogens (primary N) is 1. The van der Waals surface area contributed by atoms with E-state index in [1.165, 1.54) is 30.3 Å². The van der Waals surface area contributed by atoms with Crippen molar-refractivity contribution in [3.63, 3.8) is 0 Å². The van der Waals surface area contributed by atoms with Crippen molar-refractivity contribution in [3.05, 3.63) is 34.8 Å². The second-order valence-electron chi connectivity index (χ2n) is 5.81. The van der Waals surface area contributed by atoms with E-state index >= 15 is 0 Å². The Morgan fingerprint density at radius 3 is 2.68 bits per heavy atom. The van der Waals surface area contributed by atoms with Crippen molar-refractivity contribution in [2.45, 2.75) is 44.8 Å². The maximum Gasteiger partial charge on any atom is 0.190 e. The molecule has 0 spiro atoms. The minimum absolute atomic E-state index is 0.119. The van der Waals surface area contributed by atoms with Crippen LogP contribution in [0.4, 0.5) is 5.82 Å². The van der Waals surface area contributed by atoms with E-state index in [-0.39, 0.29) is 5.78 Å². The van der Waals surface area contributed by atoms with Crippen LogP contribution in [0.2, 0.25) is 0 Å². The number of Topliss-reactive ketones (excluding diaryl/α,β-unsaturated/α-hetero) is 1. The molecular weight excluding hydrogens is 296 g/mol. The second kappa shape index (κ2) is 5.76. The highest BCUT2D eigenvalue weighted by molar-refractivity contribution is 7.99. The Morgan fingerprint density at radius 2 is 2.05 bits per heavy atom. The molecule has 3 rings (SSSR count). The summed E-state index contributed by atoms with van der Waals surface area (Å²) in [6.07, 6.45) is 2.43. The zero-order valence-electron chi connectivity index (χ0n) is 13.1. The summed E-state index contributed by atoms with van der Waals surface area (Å²) in [5.41, 5.74) is 9.59. The first kappa shape index (κ1) is 15.1. The SMILES string of the molecule is Cc1cc(N)nc(SCC(=O)c2cc(C)n(C3CC3)c2C)n1. The number of rotatable bonds is 5. The lowest BCUT2D eigenvalue weighted by Crippen LogP contribution is -2.06. The third kappa shape index (κ3) is 3.02. The molecule has 22 heavy (non-hydrogen) atoms. The predicted octanol–water partition coefficient (Wildman–Crippen LogP) is 3.10. The zero-order chi connectivity index (χ0) is 15.9. The minimum atomic E-state index is 0.119. The van der Waals surface area contributed by atoms with E-state index in [2.05, 4.69) is 21.5 Å². The second-order valence-corrected chi connectivity index (χ2v) is 6.76. The highest BCUT2D eigenvalue weighted by Gasteiger charge is 2.28. The van der Waals surface area contributed by atoms with Crippen LogP contribution in [0.15, 0.2) is 17.3 Å². The number of nitrogen functional groups attached to an aromatic ring is 1. The fraction of sp³-hybridized carbons (Fsp3) is 0.438. The van der Waals surface area contributed by atoms with Crippen LogP contribution < -0.4 is 5.73 Å². The molecule has 2 aromatic rings. The van der Waals surface area contributed by atoms with Gasteiger partial charge in [0.25, 0.3) is 0 Å². The summed E-state index contributed by atoms with van der Waals surface area (Å²) in [4.78, 5) is 20.9. The molecule has 116 valence electrons. The van der Waals surface area contributed by atoms with E-state index < -0.39 is 0 Å². The molecule has 1 fully saturated rings. The molecule has 1 saturated carbocycles. The lowest BCUT2D eigenvalue weighted by molar-refractivity contribution is 0.102. The maximum atomic E-state index is 12.5. The number of hydrogen-bond donors (Lipinski definition) is 1. The Labute approximate surface area is 134 Å². The van der Waals surface area contributed by atoms with Gasteiger partial charge in [-0.3, -0.25) is 4.79 Å². The molecule has 0 aromatic carbocycles. The Morgan fingerprint density at radius 1 is 1.32 bits per heavy atom. The predicted molar refractivity (Wildman–Crippen MR) is 88.4 cm³/mol. The van der Waals surface area contributed by atoms with E-state index in [4.69, 9.17) is 5.73 Å². The highest BCUT2D eigenvalue weighted by Crippen LogP contribution is 2.38. The fourth-order valence-corrected chi connectivity index (χ4v) is 3.59. The van der Waals surface area contributed by atoms with Crippen LogP contribution in [-0.2, 0) is 0 Å². The molecule has 2 aromatic heterocycles. The quantitative estimate of drug-likeness (QED) is 0.521. The smallest absolute Gasteiger partial charge is 0.190 e. The minimum Gasteiger partial charge on any atom is -0.384 e. The molecule has 0 aliphatic heterocycles. The fourth-order valence-electron chi connectivity index (χ4n) is 2.79. The standard InChI is InChI=1S/C16H20N4OS/c1-9-6-15(17)19-16(18-9)22-8-14(21)13-7-10(2)20(11(13)3)12-4-5-12/h6-7,12H,4-5,8H2,1-3H3,(H2,17,18,19). The summed E-state index contributed by atoms with van der Waals surface area (Å²) in [5, 5.41) is 0.557. The summed E-state index contributed by atoms with van der Waals surface area (Å²) >= 11 is 1.34. The Kier molecular flexibility index (Phi) is 3.95. The molecule has 0 unspecified atom stereocenters. The van der Waals surface area contributed by atoms with Crippen LogP contribution in [0.25, 0.3) is 0 Å². The van der Waals surface area contributed by atoms with Gasteiger partial charge in [-0.2, -0.15) is 0 Å². The molecule has 1 aliphatic carbocycles. The third-order valence-corrected chi connectivity index (χ3v) is 4.73. The number of hydrogen-bond acceptors (Lipinski definition) is 5. The maximum absolute atomic E-state index is 12.5. The molecule has 1 aliphatic rings. The Bertz CT molecular complexity index is 714. The lowest BCUT2D eigenvalue weighted by atomic mass is 10.2. The summed E-state index contributed by atoms with van der Waals surface area (Å²) in [7, 11) is 0.